The molecule has 174 valence electrons. The summed E-state index contributed by atoms with van der Waals surface area (Å²) in [7, 11) is -3.55. The highest BCUT2D eigenvalue weighted by atomic mass is 32.2. The van der Waals surface area contributed by atoms with Gasteiger partial charge in [0.25, 0.3) is 5.91 Å². The Bertz CT molecular complexity index is 1230. The third kappa shape index (κ3) is 4.72. The number of carbonyl (C=O) groups excluding carboxylic acids is 1. The molecule has 2 heterocycles. The van der Waals surface area contributed by atoms with E-state index in [9.17, 15) is 13.2 Å². The second-order valence-electron chi connectivity index (χ2n) is 8.56. The first-order valence-electron chi connectivity index (χ1n) is 11.3. The van der Waals surface area contributed by atoms with Crippen molar-refractivity contribution >= 4 is 15.9 Å². The van der Waals surface area contributed by atoms with Crippen LogP contribution in [-0.2, 0) is 16.6 Å². The van der Waals surface area contributed by atoms with E-state index in [0.717, 1.165) is 41.9 Å². The molecule has 33 heavy (non-hydrogen) atoms. The van der Waals surface area contributed by atoms with Crippen LogP contribution in [0.2, 0.25) is 0 Å². The molecule has 7 nitrogen and oxygen atoms in total. The molecule has 1 N–H and O–H groups in total. The molecule has 1 amide bonds. The van der Waals surface area contributed by atoms with Gasteiger partial charge >= 0.3 is 0 Å². The molecule has 0 aliphatic carbocycles. The second-order valence-corrected chi connectivity index (χ2v) is 10.5. The zero-order valence-corrected chi connectivity index (χ0v) is 20.1. The lowest BCUT2D eigenvalue weighted by Gasteiger charge is -2.32. The number of nitrogens with zero attached hydrogens (tertiary/aromatic N) is 3. The quantitative estimate of drug-likeness (QED) is 0.596. The highest BCUT2D eigenvalue weighted by Gasteiger charge is 2.30. The average Bonchev–Trinajstić information content (AvgIpc) is 3.11. The van der Waals surface area contributed by atoms with E-state index in [2.05, 4.69) is 10.4 Å². The highest BCUT2D eigenvalue weighted by Crippen LogP contribution is 2.25. The number of sulfonamides is 1. The van der Waals surface area contributed by atoms with Gasteiger partial charge in [0.1, 0.15) is 0 Å². The number of carbonyl (C=O) groups is 1. The molecule has 1 fully saturated rings. The summed E-state index contributed by atoms with van der Waals surface area (Å²) in [6.45, 7) is 6.74. The Kier molecular flexibility index (Phi) is 6.67. The molecule has 4 rings (SSSR count). The van der Waals surface area contributed by atoms with Crippen molar-refractivity contribution in [1.29, 1.82) is 0 Å². The fourth-order valence-electron chi connectivity index (χ4n) is 4.36. The Labute approximate surface area is 195 Å². The minimum absolute atomic E-state index is 0.00462. The standard InChI is InChI=1S/C25H30N4O3S/c1-18-9-7-8-16-28(18)33(31,32)23-14-12-21(13-15-23)25(30)26-17-24-19(2)27-29(20(24)3)22-10-5-4-6-11-22/h4-6,10-15,18H,7-9,16-17H2,1-3H3,(H,26,30). The predicted octanol–water partition coefficient (Wildman–Crippen LogP) is 3.98. The Morgan fingerprint density at radius 2 is 1.76 bits per heavy atom. The van der Waals surface area contributed by atoms with Crippen molar-refractivity contribution < 1.29 is 13.2 Å². The zero-order valence-electron chi connectivity index (χ0n) is 19.3. The number of amides is 1. The molecule has 2 aromatic carbocycles. The normalized spacial score (nSPS) is 17.1. The summed E-state index contributed by atoms with van der Waals surface area (Å²) in [6, 6.07) is 16.0. The van der Waals surface area contributed by atoms with Crippen molar-refractivity contribution in [3.8, 4) is 5.69 Å². The van der Waals surface area contributed by atoms with Crippen molar-refractivity contribution in [1.82, 2.24) is 19.4 Å². The monoisotopic (exact) mass is 466 g/mol. The summed E-state index contributed by atoms with van der Waals surface area (Å²) in [6.07, 6.45) is 2.80. The van der Waals surface area contributed by atoms with Gasteiger partial charge in [-0.05, 0) is 70.0 Å². The van der Waals surface area contributed by atoms with Crippen LogP contribution in [-0.4, -0.2) is 41.0 Å². The fraction of sp³-hybridized carbons (Fsp3) is 0.360. The molecule has 1 aliphatic rings. The Balaban J connectivity index is 1.45. The van der Waals surface area contributed by atoms with E-state index in [1.165, 1.54) is 12.1 Å². The van der Waals surface area contributed by atoms with Crippen LogP contribution in [0.5, 0.6) is 0 Å². The van der Waals surface area contributed by atoms with E-state index in [-0.39, 0.29) is 16.8 Å². The number of piperidine rings is 1. The molecule has 1 aromatic heterocycles. The van der Waals surface area contributed by atoms with Crippen molar-refractivity contribution in [2.75, 3.05) is 6.54 Å². The third-order valence-electron chi connectivity index (χ3n) is 6.33. The zero-order chi connectivity index (χ0) is 23.6. The molecule has 8 heteroatoms. The van der Waals surface area contributed by atoms with Gasteiger partial charge in [-0.15, -0.1) is 0 Å². The van der Waals surface area contributed by atoms with Crippen LogP contribution in [0.25, 0.3) is 5.69 Å². The highest BCUT2D eigenvalue weighted by molar-refractivity contribution is 7.89. The van der Waals surface area contributed by atoms with Gasteiger partial charge in [0.2, 0.25) is 10.0 Å². The van der Waals surface area contributed by atoms with Gasteiger partial charge in [-0.1, -0.05) is 24.6 Å². The molecule has 0 bridgehead atoms. The Morgan fingerprint density at radius 3 is 2.42 bits per heavy atom. The fourth-order valence-corrected chi connectivity index (χ4v) is 6.06. The van der Waals surface area contributed by atoms with Gasteiger partial charge in [-0.3, -0.25) is 4.79 Å². The molecule has 1 saturated heterocycles. The molecule has 3 aromatic rings. The van der Waals surface area contributed by atoms with Crippen LogP contribution in [0, 0.1) is 13.8 Å². The topological polar surface area (TPSA) is 84.3 Å². The smallest absolute Gasteiger partial charge is 0.251 e. The summed E-state index contributed by atoms with van der Waals surface area (Å²) in [4.78, 5) is 13.0. The summed E-state index contributed by atoms with van der Waals surface area (Å²) < 4.78 is 29.4. The number of para-hydroxylation sites is 1. The maximum atomic E-state index is 13.0. The van der Waals surface area contributed by atoms with Gasteiger partial charge in [-0.25, -0.2) is 13.1 Å². The van der Waals surface area contributed by atoms with Crippen LogP contribution in [0.4, 0.5) is 0 Å². The van der Waals surface area contributed by atoms with Crippen molar-refractivity contribution in [2.45, 2.75) is 57.5 Å². The molecule has 0 saturated carbocycles. The van der Waals surface area contributed by atoms with Gasteiger partial charge in [-0.2, -0.15) is 9.40 Å². The summed E-state index contributed by atoms with van der Waals surface area (Å²) >= 11 is 0. The SMILES string of the molecule is Cc1nn(-c2ccccc2)c(C)c1CNC(=O)c1ccc(S(=O)(=O)N2CCCCC2C)cc1. The first-order valence-corrected chi connectivity index (χ1v) is 12.7. The molecular formula is C25H30N4O3S. The number of aryl methyl sites for hydroxylation is 1. The maximum absolute atomic E-state index is 13.0. The number of nitrogens with one attached hydrogen (secondary N) is 1. The number of hydrogen-bond acceptors (Lipinski definition) is 4. The van der Waals surface area contributed by atoms with Gasteiger partial charge in [0, 0.05) is 36.0 Å². The Hall–Kier alpha value is -2.97. The lowest BCUT2D eigenvalue weighted by Crippen LogP contribution is -2.41. The second kappa shape index (κ2) is 9.49. The number of aromatic nitrogens is 2. The van der Waals surface area contributed by atoms with Crippen molar-refractivity contribution in [2.24, 2.45) is 0 Å². The molecule has 1 atom stereocenters. The molecule has 0 spiro atoms. The van der Waals surface area contributed by atoms with Gasteiger partial charge in [0.05, 0.1) is 16.3 Å². The van der Waals surface area contributed by atoms with Gasteiger partial charge < -0.3 is 5.32 Å². The first kappa shape index (κ1) is 23.2. The van der Waals surface area contributed by atoms with Crippen LogP contribution in [0.1, 0.15) is 53.5 Å². The molecule has 1 aliphatic heterocycles. The van der Waals surface area contributed by atoms with Crippen LogP contribution < -0.4 is 5.32 Å². The average molecular weight is 467 g/mol. The van der Waals surface area contributed by atoms with E-state index in [1.54, 1.807) is 16.4 Å². The molecule has 1 unspecified atom stereocenters. The van der Waals surface area contributed by atoms with Crippen LogP contribution >= 0.6 is 0 Å². The first-order chi connectivity index (χ1) is 15.8. The minimum Gasteiger partial charge on any atom is -0.348 e. The van der Waals surface area contributed by atoms with E-state index in [4.69, 9.17) is 0 Å². The van der Waals surface area contributed by atoms with E-state index >= 15 is 0 Å². The lowest BCUT2D eigenvalue weighted by atomic mass is 10.1. The van der Waals surface area contributed by atoms with Crippen LogP contribution in [0.3, 0.4) is 0 Å². The van der Waals surface area contributed by atoms with Crippen molar-refractivity contribution in [3.05, 3.63) is 77.1 Å². The summed E-state index contributed by atoms with van der Waals surface area (Å²) in [5.41, 5.74) is 4.18. The largest absolute Gasteiger partial charge is 0.348 e. The van der Waals surface area contributed by atoms with E-state index < -0.39 is 10.0 Å². The number of hydrogen-bond donors (Lipinski definition) is 1. The Morgan fingerprint density at radius 1 is 1.06 bits per heavy atom. The predicted molar refractivity (Wildman–Crippen MR) is 128 cm³/mol. The van der Waals surface area contributed by atoms with Gasteiger partial charge in [0.15, 0.2) is 0 Å². The van der Waals surface area contributed by atoms with Crippen LogP contribution in [0.15, 0.2) is 59.5 Å². The molecular weight excluding hydrogens is 436 g/mol. The third-order valence-corrected chi connectivity index (χ3v) is 8.36. The van der Waals surface area contributed by atoms with E-state index in [1.807, 2.05) is 55.8 Å². The van der Waals surface area contributed by atoms with Crippen molar-refractivity contribution in [3.63, 3.8) is 0 Å². The summed E-state index contributed by atoms with van der Waals surface area (Å²) in [5.74, 6) is -0.253. The number of rotatable bonds is 6. The summed E-state index contributed by atoms with van der Waals surface area (Å²) in [5, 5.41) is 7.55. The van der Waals surface area contributed by atoms with E-state index in [0.29, 0.717) is 18.7 Å². The molecule has 0 radical (unpaired) electrons. The number of benzene rings is 2. The maximum Gasteiger partial charge on any atom is 0.251 e. The minimum atomic E-state index is -3.55. The lowest BCUT2D eigenvalue weighted by molar-refractivity contribution is 0.0950.